The quantitative estimate of drug-likeness (QED) is 0.807. The maximum atomic E-state index is 5.85. The van der Waals surface area contributed by atoms with E-state index in [1.54, 1.807) is 7.11 Å². The van der Waals surface area contributed by atoms with Gasteiger partial charge in [0.25, 0.3) is 0 Å². The van der Waals surface area contributed by atoms with E-state index in [0.717, 1.165) is 18.0 Å². The fourth-order valence-corrected chi connectivity index (χ4v) is 1.58. The molecule has 0 aromatic heterocycles. The van der Waals surface area contributed by atoms with Crippen molar-refractivity contribution in [1.82, 2.24) is 5.32 Å². The first kappa shape index (κ1) is 12.5. The fraction of sp³-hybridized carbons (Fsp3) is 0.500. The van der Waals surface area contributed by atoms with Crippen LogP contribution in [0.15, 0.2) is 24.3 Å². The highest BCUT2D eigenvalue weighted by Crippen LogP contribution is 2.16. The van der Waals surface area contributed by atoms with Crippen LogP contribution < -0.4 is 5.32 Å². The van der Waals surface area contributed by atoms with Crippen LogP contribution in [0.2, 0.25) is 5.02 Å². The lowest BCUT2D eigenvalue weighted by atomic mass is 10.1. The van der Waals surface area contributed by atoms with Gasteiger partial charge >= 0.3 is 0 Å². The third-order valence-corrected chi connectivity index (χ3v) is 2.50. The van der Waals surface area contributed by atoms with Crippen molar-refractivity contribution in [2.24, 2.45) is 0 Å². The summed E-state index contributed by atoms with van der Waals surface area (Å²) in [5.41, 5.74) is 1.22. The van der Waals surface area contributed by atoms with Crippen LogP contribution in [0.4, 0.5) is 0 Å². The second kappa shape index (κ2) is 6.83. The summed E-state index contributed by atoms with van der Waals surface area (Å²) in [6.45, 7) is 3.83. The summed E-state index contributed by atoms with van der Waals surface area (Å²) in [6, 6.07) is 8.15. The van der Waals surface area contributed by atoms with E-state index in [1.807, 2.05) is 24.3 Å². The first-order chi connectivity index (χ1) is 7.27. The molecule has 1 unspecified atom stereocenters. The maximum absolute atomic E-state index is 5.85. The zero-order valence-corrected chi connectivity index (χ0v) is 10.1. The van der Waals surface area contributed by atoms with Gasteiger partial charge in [0, 0.05) is 12.1 Å². The Morgan fingerprint density at radius 1 is 1.33 bits per heavy atom. The van der Waals surface area contributed by atoms with Gasteiger partial charge in [0.2, 0.25) is 0 Å². The second-order valence-corrected chi connectivity index (χ2v) is 3.95. The van der Waals surface area contributed by atoms with Crippen LogP contribution in [-0.2, 0) is 4.74 Å². The van der Waals surface area contributed by atoms with Gasteiger partial charge in [-0.25, -0.2) is 0 Å². The molecule has 2 nitrogen and oxygen atoms in total. The highest BCUT2D eigenvalue weighted by atomic mass is 35.5. The molecular formula is C12H18ClNO. The summed E-state index contributed by atoms with van der Waals surface area (Å²) in [5.74, 6) is 0. The molecule has 84 valence electrons. The average molecular weight is 228 g/mol. The van der Waals surface area contributed by atoms with Crippen LogP contribution in [0.25, 0.3) is 0 Å². The van der Waals surface area contributed by atoms with Gasteiger partial charge in [-0.2, -0.15) is 0 Å². The Bertz CT molecular complexity index is 273. The van der Waals surface area contributed by atoms with Crippen molar-refractivity contribution < 1.29 is 4.74 Å². The van der Waals surface area contributed by atoms with E-state index >= 15 is 0 Å². The van der Waals surface area contributed by atoms with Crippen molar-refractivity contribution in [2.75, 3.05) is 20.3 Å². The van der Waals surface area contributed by atoms with E-state index in [1.165, 1.54) is 5.56 Å². The monoisotopic (exact) mass is 227 g/mol. The smallest absolute Gasteiger partial charge is 0.0657 e. The van der Waals surface area contributed by atoms with Crippen molar-refractivity contribution in [3.63, 3.8) is 0 Å². The summed E-state index contributed by atoms with van der Waals surface area (Å²) >= 11 is 5.85. The Morgan fingerprint density at radius 3 is 2.53 bits per heavy atom. The molecule has 1 N–H and O–H groups in total. The molecule has 1 aromatic carbocycles. The number of nitrogens with one attached hydrogen (secondary N) is 1. The Kier molecular flexibility index (Phi) is 5.69. The highest BCUT2D eigenvalue weighted by molar-refractivity contribution is 6.30. The van der Waals surface area contributed by atoms with Gasteiger partial charge in [0.1, 0.15) is 0 Å². The number of ether oxygens (including phenoxy) is 1. The number of halogens is 1. The van der Waals surface area contributed by atoms with Gasteiger partial charge in [-0.3, -0.25) is 0 Å². The van der Waals surface area contributed by atoms with Crippen LogP contribution in [0.3, 0.4) is 0 Å². The summed E-state index contributed by atoms with van der Waals surface area (Å²) in [6.07, 6.45) is 1.12. The Morgan fingerprint density at radius 2 is 2.00 bits per heavy atom. The van der Waals surface area contributed by atoms with Crippen molar-refractivity contribution in [3.05, 3.63) is 34.9 Å². The third-order valence-electron chi connectivity index (χ3n) is 2.25. The predicted octanol–water partition coefficient (Wildman–Crippen LogP) is 3.03. The fourth-order valence-electron chi connectivity index (χ4n) is 1.45. The molecule has 0 aliphatic rings. The number of benzene rings is 1. The van der Waals surface area contributed by atoms with Crippen LogP contribution in [0.5, 0.6) is 0 Å². The van der Waals surface area contributed by atoms with E-state index in [-0.39, 0.29) is 6.04 Å². The zero-order valence-electron chi connectivity index (χ0n) is 9.29. The molecular weight excluding hydrogens is 210 g/mol. The largest absolute Gasteiger partial charge is 0.383 e. The molecule has 1 atom stereocenters. The molecule has 0 amide bonds. The summed E-state index contributed by atoms with van der Waals surface area (Å²) in [5, 5.41) is 4.21. The summed E-state index contributed by atoms with van der Waals surface area (Å²) < 4.78 is 5.19. The Hall–Kier alpha value is -0.570. The first-order valence-corrected chi connectivity index (χ1v) is 5.63. The van der Waals surface area contributed by atoms with Crippen molar-refractivity contribution in [3.8, 4) is 0 Å². The summed E-state index contributed by atoms with van der Waals surface area (Å²) in [4.78, 5) is 0. The molecule has 0 bridgehead atoms. The Balaban J connectivity index is 2.65. The molecule has 0 spiro atoms. The van der Waals surface area contributed by atoms with Crippen LogP contribution in [0, 0.1) is 0 Å². The maximum Gasteiger partial charge on any atom is 0.0657 e. The van der Waals surface area contributed by atoms with Crippen molar-refractivity contribution in [1.29, 1.82) is 0 Å². The van der Waals surface area contributed by atoms with Crippen LogP contribution in [0.1, 0.15) is 24.9 Å². The lowest BCUT2D eigenvalue weighted by Crippen LogP contribution is -2.25. The molecule has 0 fully saturated rings. The van der Waals surface area contributed by atoms with E-state index in [2.05, 4.69) is 12.2 Å². The minimum Gasteiger partial charge on any atom is -0.383 e. The molecule has 0 saturated heterocycles. The van der Waals surface area contributed by atoms with Gasteiger partial charge in [0.05, 0.1) is 12.6 Å². The Labute approximate surface area is 96.6 Å². The normalized spacial score (nSPS) is 12.7. The minimum absolute atomic E-state index is 0.257. The molecule has 0 radical (unpaired) electrons. The third kappa shape index (κ3) is 4.20. The van der Waals surface area contributed by atoms with Gasteiger partial charge in [0.15, 0.2) is 0 Å². The number of hydrogen-bond acceptors (Lipinski definition) is 2. The lowest BCUT2D eigenvalue weighted by Gasteiger charge is -2.18. The molecule has 0 aliphatic carbocycles. The van der Waals surface area contributed by atoms with Gasteiger partial charge in [-0.1, -0.05) is 30.7 Å². The lowest BCUT2D eigenvalue weighted by molar-refractivity contribution is 0.167. The van der Waals surface area contributed by atoms with Gasteiger partial charge < -0.3 is 10.1 Å². The van der Waals surface area contributed by atoms with E-state index < -0.39 is 0 Å². The highest BCUT2D eigenvalue weighted by Gasteiger charge is 2.09. The summed E-state index contributed by atoms with van der Waals surface area (Å²) in [7, 11) is 1.72. The van der Waals surface area contributed by atoms with Crippen LogP contribution >= 0.6 is 11.6 Å². The second-order valence-electron chi connectivity index (χ2n) is 3.51. The van der Waals surface area contributed by atoms with Gasteiger partial charge in [-0.15, -0.1) is 0 Å². The number of hydrogen-bond donors (Lipinski definition) is 1. The number of methoxy groups -OCH3 is 1. The molecule has 1 aromatic rings. The molecule has 0 heterocycles. The SMILES string of the molecule is CCCNC(COC)c1ccc(Cl)cc1. The molecule has 3 heteroatoms. The molecule has 15 heavy (non-hydrogen) atoms. The zero-order chi connectivity index (χ0) is 11.1. The standard InChI is InChI=1S/C12H18ClNO/c1-3-8-14-12(9-15-2)10-4-6-11(13)7-5-10/h4-7,12,14H,3,8-9H2,1-2H3. The minimum atomic E-state index is 0.257. The average Bonchev–Trinajstić information content (AvgIpc) is 2.25. The van der Waals surface area contributed by atoms with Crippen molar-refractivity contribution in [2.45, 2.75) is 19.4 Å². The van der Waals surface area contributed by atoms with Crippen molar-refractivity contribution >= 4 is 11.6 Å². The van der Waals surface area contributed by atoms with Gasteiger partial charge in [-0.05, 0) is 30.7 Å². The molecule has 1 rings (SSSR count). The van der Waals surface area contributed by atoms with E-state index in [4.69, 9.17) is 16.3 Å². The number of rotatable bonds is 6. The predicted molar refractivity (Wildman–Crippen MR) is 64.4 cm³/mol. The van der Waals surface area contributed by atoms with E-state index in [9.17, 15) is 0 Å². The topological polar surface area (TPSA) is 21.3 Å². The molecule has 0 aliphatic heterocycles. The molecule has 0 saturated carbocycles. The van der Waals surface area contributed by atoms with Crippen LogP contribution in [-0.4, -0.2) is 20.3 Å². The first-order valence-electron chi connectivity index (χ1n) is 5.25. The van der Waals surface area contributed by atoms with E-state index in [0.29, 0.717) is 6.61 Å².